The maximum absolute atomic E-state index is 13.7. The van der Waals surface area contributed by atoms with Crippen LogP contribution in [-0.2, 0) is 32.8 Å². The maximum atomic E-state index is 13.7. The van der Waals surface area contributed by atoms with E-state index in [4.69, 9.17) is 16.3 Å². The summed E-state index contributed by atoms with van der Waals surface area (Å²) >= 11 is 6.68. The number of benzene rings is 4. The van der Waals surface area contributed by atoms with Crippen LogP contribution in [0.3, 0.4) is 0 Å². The second-order valence-corrected chi connectivity index (χ2v) is 13.0. The molecule has 0 saturated carbocycles. The van der Waals surface area contributed by atoms with Crippen molar-refractivity contribution in [2.75, 3.05) is 6.26 Å². The van der Waals surface area contributed by atoms with Crippen LogP contribution in [0.25, 0.3) is 11.1 Å². The quantitative estimate of drug-likeness (QED) is 0.168. The van der Waals surface area contributed by atoms with E-state index in [0.29, 0.717) is 33.1 Å². The summed E-state index contributed by atoms with van der Waals surface area (Å²) in [5.74, 6) is -1.23. The lowest BCUT2D eigenvalue weighted by Crippen LogP contribution is -2.47. The summed E-state index contributed by atoms with van der Waals surface area (Å²) in [5.41, 5.74) is 4.84. The molecule has 0 aromatic heterocycles. The van der Waals surface area contributed by atoms with E-state index < -0.39 is 27.9 Å². The van der Waals surface area contributed by atoms with Gasteiger partial charge in [-0.05, 0) is 89.5 Å². The molecule has 7 nitrogen and oxygen atoms in total. The third-order valence-corrected chi connectivity index (χ3v) is 10.1. The Morgan fingerprint density at radius 1 is 0.884 bits per heavy atom. The van der Waals surface area contributed by atoms with Gasteiger partial charge in [-0.3, -0.25) is 9.59 Å². The summed E-state index contributed by atoms with van der Waals surface area (Å²) in [6.07, 6.45) is 1.68. The van der Waals surface area contributed by atoms with Crippen LogP contribution in [0.2, 0.25) is 5.02 Å². The normalized spacial score (nSPS) is 12.0. The van der Waals surface area contributed by atoms with Crippen LogP contribution < -0.4 is 5.32 Å². The van der Waals surface area contributed by atoms with Crippen molar-refractivity contribution in [3.8, 4) is 11.1 Å². The summed E-state index contributed by atoms with van der Waals surface area (Å²) in [7, 11) is -4.19. The average molecular weight is 637 g/mol. The molecule has 0 bridgehead atoms. The van der Waals surface area contributed by atoms with Gasteiger partial charge in [-0.15, -0.1) is 0 Å². The van der Waals surface area contributed by atoms with E-state index in [1.54, 1.807) is 13.0 Å². The number of carbonyl (C=O) groups excluding carboxylic acids is 2. The Balaban J connectivity index is 1.59. The van der Waals surface area contributed by atoms with E-state index in [1.165, 1.54) is 30.5 Å². The monoisotopic (exact) mass is 636 g/mol. The fraction of sp³-hybridized carbons (Fsp3) is 0.212. The van der Waals surface area contributed by atoms with Gasteiger partial charge < -0.3 is 10.1 Å². The van der Waals surface area contributed by atoms with E-state index >= 15 is 0 Å². The number of nitrogens with one attached hydrogen (secondary N) is 1. The molecule has 10 heteroatoms. The number of nitrogens with zero attached hydrogens (tertiary/aromatic N) is 1. The number of aryl methyl sites for hydroxylation is 1. The van der Waals surface area contributed by atoms with Crippen LogP contribution in [0.15, 0.2) is 102 Å². The highest BCUT2D eigenvalue weighted by Crippen LogP contribution is 2.29. The topological polar surface area (TPSA) is 92.8 Å². The van der Waals surface area contributed by atoms with Gasteiger partial charge in [-0.1, -0.05) is 79.2 Å². The molecule has 4 rings (SSSR count). The number of sulfonamides is 1. The molecule has 43 heavy (non-hydrogen) atoms. The van der Waals surface area contributed by atoms with E-state index in [2.05, 4.69) is 5.32 Å². The molecule has 0 heterocycles. The molecule has 1 atom stereocenters. The van der Waals surface area contributed by atoms with Crippen LogP contribution in [-0.4, -0.2) is 36.2 Å². The lowest BCUT2D eigenvalue weighted by Gasteiger charge is -2.25. The van der Waals surface area contributed by atoms with Crippen molar-refractivity contribution >= 4 is 45.4 Å². The Morgan fingerprint density at radius 2 is 1.53 bits per heavy atom. The van der Waals surface area contributed by atoms with Crippen molar-refractivity contribution in [2.45, 2.75) is 44.4 Å². The van der Waals surface area contributed by atoms with Crippen molar-refractivity contribution < 1.29 is 22.7 Å². The highest BCUT2D eigenvalue weighted by atomic mass is 35.5. The minimum atomic E-state index is -4.19. The van der Waals surface area contributed by atoms with Gasteiger partial charge in [0.25, 0.3) is 21.8 Å². The van der Waals surface area contributed by atoms with Crippen LogP contribution in [0.5, 0.6) is 0 Å². The van der Waals surface area contributed by atoms with E-state index in [-0.39, 0.29) is 11.3 Å². The van der Waals surface area contributed by atoms with Crippen LogP contribution in [0.4, 0.5) is 0 Å². The smallest absolute Gasteiger partial charge is 0.276 e. The van der Waals surface area contributed by atoms with E-state index in [9.17, 15) is 18.0 Å². The molecule has 4 aromatic rings. The first-order valence-electron chi connectivity index (χ1n) is 13.7. The van der Waals surface area contributed by atoms with Crippen molar-refractivity contribution in [1.29, 1.82) is 0 Å². The Hall–Kier alpha value is -3.63. The minimum Gasteiger partial charge on any atom is -0.372 e. The molecule has 0 radical (unpaired) electrons. The van der Waals surface area contributed by atoms with Crippen LogP contribution in [0.1, 0.15) is 40.4 Å². The summed E-state index contributed by atoms with van der Waals surface area (Å²) in [4.78, 5) is 27.2. The van der Waals surface area contributed by atoms with Crippen molar-refractivity contribution in [2.24, 2.45) is 0 Å². The molecule has 224 valence electrons. The number of amides is 2. The van der Waals surface area contributed by atoms with Gasteiger partial charge in [-0.2, -0.15) is 3.71 Å². The fourth-order valence-electron chi connectivity index (χ4n) is 4.55. The number of carbonyl (C=O) groups is 2. The third-order valence-electron chi connectivity index (χ3n) is 6.83. The van der Waals surface area contributed by atoms with Gasteiger partial charge in [0.15, 0.2) is 0 Å². The molecule has 2 amide bonds. The maximum Gasteiger partial charge on any atom is 0.276 e. The van der Waals surface area contributed by atoms with Gasteiger partial charge in [-0.25, -0.2) is 8.42 Å². The number of hydrogen-bond donors (Lipinski definition) is 1. The van der Waals surface area contributed by atoms with E-state index in [1.807, 2.05) is 73.7 Å². The van der Waals surface area contributed by atoms with Crippen LogP contribution in [0, 0.1) is 6.92 Å². The second kappa shape index (κ2) is 14.7. The first kappa shape index (κ1) is 32.3. The molecule has 0 fully saturated rings. The average Bonchev–Trinajstić information content (AvgIpc) is 3.01. The minimum absolute atomic E-state index is 0.0762. The molecule has 0 aliphatic carbocycles. The molecular weight excluding hydrogens is 604 g/mol. The van der Waals surface area contributed by atoms with Gasteiger partial charge in [0.2, 0.25) is 0 Å². The highest BCUT2D eigenvalue weighted by molar-refractivity contribution is 8.08. The molecule has 0 aliphatic heterocycles. The number of ether oxygens (including phenoxy) is 1. The predicted octanol–water partition coefficient (Wildman–Crippen LogP) is 7.04. The molecule has 0 saturated heterocycles. The van der Waals surface area contributed by atoms with Crippen molar-refractivity contribution in [3.63, 3.8) is 0 Å². The number of halogens is 1. The summed E-state index contributed by atoms with van der Waals surface area (Å²) in [6.45, 7) is 4.47. The summed E-state index contributed by atoms with van der Waals surface area (Å²) in [5, 5.41) is 3.16. The van der Waals surface area contributed by atoms with Crippen molar-refractivity contribution in [1.82, 2.24) is 9.03 Å². The predicted molar refractivity (Wildman–Crippen MR) is 172 cm³/mol. The number of rotatable bonds is 12. The van der Waals surface area contributed by atoms with E-state index in [0.717, 1.165) is 34.2 Å². The van der Waals surface area contributed by atoms with Gasteiger partial charge in [0, 0.05) is 16.8 Å². The van der Waals surface area contributed by atoms with Crippen LogP contribution >= 0.6 is 23.5 Å². The Bertz CT molecular complexity index is 1680. The van der Waals surface area contributed by atoms with Gasteiger partial charge >= 0.3 is 0 Å². The third kappa shape index (κ3) is 7.86. The Kier molecular flexibility index (Phi) is 11.0. The molecule has 1 unspecified atom stereocenters. The molecular formula is C33H33ClN2O5S2. The highest BCUT2D eigenvalue weighted by Gasteiger charge is 2.34. The van der Waals surface area contributed by atoms with Gasteiger partial charge in [0.05, 0.1) is 18.1 Å². The first-order valence-corrected chi connectivity index (χ1v) is 16.7. The molecule has 1 N–H and O–H groups in total. The second-order valence-electron chi connectivity index (χ2n) is 9.81. The fourth-order valence-corrected chi connectivity index (χ4v) is 7.06. The number of hydrogen-bond acceptors (Lipinski definition) is 6. The molecule has 0 aliphatic rings. The largest absolute Gasteiger partial charge is 0.372 e. The summed E-state index contributed by atoms with van der Waals surface area (Å²) in [6, 6.07) is 27.5. The van der Waals surface area contributed by atoms with Crippen molar-refractivity contribution in [3.05, 3.63) is 124 Å². The zero-order chi connectivity index (χ0) is 31.0. The first-order chi connectivity index (χ1) is 20.6. The Morgan fingerprint density at radius 3 is 2.19 bits per heavy atom. The zero-order valence-electron chi connectivity index (χ0n) is 24.1. The lowest BCUT2D eigenvalue weighted by molar-refractivity contribution is -0.125. The molecule has 0 spiro atoms. The molecule has 4 aromatic carbocycles. The lowest BCUT2D eigenvalue weighted by atomic mass is 9.93. The zero-order valence-corrected chi connectivity index (χ0v) is 26.5. The van der Waals surface area contributed by atoms with Gasteiger partial charge in [0.1, 0.15) is 6.04 Å². The standard InChI is InChI=1S/C33H33ClN2O5S2/c1-4-31(33(38)36(42-3)43(39,40)27-17-15-26(34)16-18-27)35-32(37)29-19-14-25(22-41-21-24-11-6-5-7-12-24)20-30(29)28-13-9-8-10-23(28)2/h5-20,31H,4,21-22H2,1-3H3,(H,35,37). The SMILES string of the molecule is CCC(NC(=O)c1ccc(COCc2ccccc2)cc1-c1ccccc1C)C(=O)N(SC)S(=O)(=O)c1ccc(Cl)cc1. The Labute approximate surface area is 262 Å². The summed E-state index contributed by atoms with van der Waals surface area (Å²) < 4.78 is 33.2.